The summed E-state index contributed by atoms with van der Waals surface area (Å²) in [6, 6.07) is 7.33. The van der Waals surface area contributed by atoms with E-state index in [0.717, 1.165) is 0 Å². The van der Waals surface area contributed by atoms with Gasteiger partial charge in [0.1, 0.15) is 5.82 Å². The topological polar surface area (TPSA) is 62.5 Å². The fourth-order valence-electron chi connectivity index (χ4n) is 2.14. The van der Waals surface area contributed by atoms with Crippen LogP contribution in [0.1, 0.15) is 17.5 Å². The number of benzene rings is 1. The van der Waals surface area contributed by atoms with Gasteiger partial charge in [0.15, 0.2) is 5.76 Å². The molecule has 1 aromatic heterocycles. The molecule has 4 nitrogen and oxygen atoms in total. The van der Waals surface area contributed by atoms with E-state index in [9.17, 15) is 14.3 Å². The van der Waals surface area contributed by atoms with Gasteiger partial charge in [-0.3, -0.25) is 4.79 Å². The zero-order chi connectivity index (χ0) is 16.1. The van der Waals surface area contributed by atoms with Crippen LogP contribution in [0.5, 0.6) is 0 Å². The monoisotopic (exact) mass is 323 g/mol. The second kappa shape index (κ2) is 7.47. The van der Waals surface area contributed by atoms with E-state index in [1.54, 1.807) is 18.2 Å². The largest absolute Gasteiger partial charge is 0.459 e. The van der Waals surface area contributed by atoms with Crippen LogP contribution >= 0.6 is 11.8 Å². The molecule has 0 radical (unpaired) electrons. The Balaban J connectivity index is 2.18. The van der Waals surface area contributed by atoms with Crippen LogP contribution in [0.4, 0.5) is 4.39 Å². The van der Waals surface area contributed by atoms with Crippen LogP contribution < -0.4 is 5.32 Å². The second-order valence-corrected chi connectivity index (χ2v) is 5.97. The summed E-state index contributed by atoms with van der Waals surface area (Å²) in [6.07, 6.45) is 3.30. The van der Waals surface area contributed by atoms with E-state index < -0.39 is 0 Å². The van der Waals surface area contributed by atoms with E-state index in [0.29, 0.717) is 11.1 Å². The van der Waals surface area contributed by atoms with Gasteiger partial charge in [-0.15, -0.1) is 0 Å². The maximum absolute atomic E-state index is 13.0. The van der Waals surface area contributed by atoms with E-state index in [-0.39, 0.29) is 35.4 Å². The van der Waals surface area contributed by atoms with Gasteiger partial charge in [-0.05, 0) is 36.9 Å². The lowest BCUT2D eigenvalue weighted by atomic mass is 10.1. The highest BCUT2D eigenvalue weighted by molar-refractivity contribution is 7.99. The summed E-state index contributed by atoms with van der Waals surface area (Å²) in [4.78, 5) is 12.3. The Morgan fingerprint density at radius 3 is 2.64 bits per heavy atom. The van der Waals surface area contributed by atoms with Gasteiger partial charge in [0.05, 0.1) is 12.9 Å². The van der Waals surface area contributed by atoms with Gasteiger partial charge >= 0.3 is 0 Å². The summed E-state index contributed by atoms with van der Waals surface area (Å²) in [5, 5.41) is 12.0. The van der Waals surface area contributed by atoms with Gasteiger partial charge in [0.25, 0.3) is 5.91 Å². The predicted molar refractivity (Wildman–Crippen MR) is 85.4 cm³/mol. The average Bonchev–Trinajstić information content (AvgIpc) is 2.98. The highest BCUT2D eigenvalue weighted by atomic mass is 32.2. The van der Waals surface area contributed by atoms with Crippen molar-refractivity contribution in [3.63, 3.8) is 0 Å². The third kappa shape index (κ3) is 3.69. The number of nitrogens with one attached hydrogen (secondary N) is 1. The number of halogens is 1. The lowest BCUT2D eigenvalue weighted by Gasteiger charge is -2.20. The van der Waals surface area contributed by atoms with Crippen LogP contribution in [0.15, 0.2) is 41.0 Å². The van der Waals surface area contributed by atoms with Crippen molar-refractivity contribution in [3.8, 4) is 11.1 Å². The number of rotatable bonds is 6. The first-order valence-corrected chi connectivity index (χ1v) is 8.13. The minimum Gasteiger partial charge on any atom is -0.459 e. The molecular formula is C16H18FNO3S. The summed E-state index contributed by atoms with van der Waals surface area (Å²) < 4.78 is 18.3. The molecule has 2 N–H and O–H groups in total. The molecule has 22 heavy (non-hydrogen) atoms. The lowest BCUT2D eigenvalue weighted by Crippen LogP contribution is -2.41. The first-order chi connectivity index (χ1) is 10.6. The van der Waals surface area contributed by atoms with Crippen molar-refractivity contribution >= 4 is 17.7 Å². The Morgan fingerprint density at radius 2 is 2.05 bits per heavy atom. The number of hydrogen-bond donors (Lipinski definition) is 2. The summed E-state index contributed by atoms with van der Waals surface area (Å²) in [6.45, 7) is 1.81. The molecule has 0 bridgehead atoms. The van der Waals surface area contributed by atoms with Gasteiger partial charge in [-0.25, -0.2) is 4.39 Å². The van der Waals surface area contributed by atoms with E-state index >= 15 is 0 Å². The highest BCUT2D eigenvalue weighted by Gasteiger charge is 2.22. The molecule has 1 amide bonds. The number of hydrogen-bond acceptors (Lipinski definition) is 4. The molecular weight excluding hydrogens is 305 g/mol. The molecule has 118 valence electrons. The molecule has 0 unspecified atom stereocenters. The molecule has 0 spiro atoms. The third-order valence-electron chi connectivity index (χ3n) is 3.43. The predicted octanol–water partition coefficient (Wildman–Crippen LogP) is 2.93. The fourth-order valence-corrected chi connectivity index (χ4v) is 2.77. The zero-order valence-electron chi connectivity index (χ0n) is 12.4. The minimum absolute atomic E-state index is 0.0222. The Bertz CT molecular complexity index is 623. The molecule has 2 atom stereocenters. The van der Waals surface area contributed by atoms with Crippen molar-refractivity contribution in [1.29, 1.82) is 0 Å². The number of thioether (sulfide) groups is 1. The molecule has 2 aromatic rings. The van der Waals surface area contributed by atoms with Gasteiger partial charge < -0.3 is 14.8 Å². The number of aliphatic hydroxyl groups excluding tert-OH is 1. The molecule has 1 aromatic carbocycles. The molecule has 0 saturated carbocycles. The summed E-state index contributed by atoms with van der Waals surface area (Å²) in [5.41, 5.74) is 1.31. The van der Waals surface area contributed by atoms with Crippen molar-refractivity contribution in [2.24, 2.45) is 0 Å². The molecule has 0 aliphatic heterocycles. The Kier molecular flexibility index (Phi) is 5.63. The zero-order valence-corrected chi connectivity index (χ0v) is 13.2. The van der Waals surface area contributed by atoms with Gasteiger partial charge in [-0.2, -0.15) is 11.8 Å². The molecule has 6 heteroatoms. The van der Waals surface area contributed by atoms with E-state index in [1.165, 1.54) is 30.2 Å². The van der Waals surface area contributed by atoms with Crippen molar-refractivity contribution < 1.29 is 18.7 Å². The Hall–Kier alpha value is -1.79. The van der Waals surface area contributed by atoms with E-state index in [2.05, 4.69) is 5.32 Å². The van der Waals surface area contributed by atoms with Crippen LogP contribution in [0, 0.1) is 5.82 Å². The van der Waals surface area contributed by atoms with Crippen LogP contribution in [0.3, 0.4) is 0 Å². The summed E-state index contributed by atoms with van der Waals surface area (Å²) >= 11 is 1.48. The van der Waals surface area contributed by atoms with Crippen molar-refractivity contribution in [3.05, 3.63) is 48.2 Å². The summed E-state index contributed by atoms with van der Waals surface area (Å²) in [7, 11) is 0. The van der Waals surface area contributed by atoms with Gasteiger partial charge in [0, 0.05) is 16.9 Å². The molecule has 0 aliphatic rings. The number of furan rings is 1. The van der Waals surface area contributed by atoms with Crippen LogP contribution in [0.2, 0.25) is 0 Å². The van der Waals surface area contributed by atoms with Gasteiger partial charge in [0.2, 0.25) is 0 Å². The number of aliphatic hydroxyl groups is 1. The Morgan fingerprint density at radius 1 is 1.36 bits per heavy atom. The average molecular weight is 323 g/mol. The van der Waals surface area contributed by atoms with E-state index in [1.807, 2.05) is 13.2 Å². The first kappa shape index (κ1) is 16.6. The maximum Gasteiger partial charge on any atom is 0.287 e. The Labute approximate surface area is 132 Å². The van der Waals surface area contributed by atoms with Crippen LogP contribution in [-0.4, -0.2) is 35.2 Å². The van der Waals surface area contributed by atoms with Gasteiger partial charge in [-0.1, -0.05) is 12.1 Å². The van der Waals surface area contributed by atoms with E-state index in [4.69, 9.17) is 4.42 Å². The minimum atomic E-state index is -0.357. The molecule has 1 heterocycles. The molecule has 2 rings (SSSR count). The van der Waals surface area contributed by atoms with Crippen LogP contribution in [-0.2, 0) is 0 Å². The van der Waals surface area contributed by atoms with Crippen molar-refractivity contribution in [1.82, 2.24) is 5.32 Å². The molecule has 0 fully saturated rings. The standard InChI is InChI=1S/C16H18FNO3S/c1-10(14(9-19)22-2)18-16(20)15-13(7-8-21-15)11-3-5-12(17)6-4-11/h3-8,10,14,19H,9H2,1-2H3,(H,18,20)/t10-,14-/m0/s1. The number of carbonyl (C=O) groups is 1. The summed E-state index contributed by atoms with van der Waals surface area (Å²) in [5.74, 6) is -0.516. The second-order valence-electron chi connectivity index (χ2n) is 4.89. The smallest absolute Gasteiger partial charge is 0.287 e. The number of carbonyl (C=O) groups excluding carboxylic acids is 1. The quantitative estimate of drug-likeness (QED) is 0.858. The fraction of sp³-hybridized carbons (Fsp3) is 0.312. The number of amides is 1. The normalized spacial score (nSPS) is 13.6. The van der Waals surface area contributed by atoms with Crippen molar-refractivity contribution in [2.45, 2.75) is 18.2 Å². The maximum atomic E-state index is 13.0. The lowest BCUT2D eigenvalue weighted by molar-refractivity contribution is 0.0909. The van der Waals surface area contributed by atoms with Crippen LogP contribution in [0.25, 0.3) is 11.1 Å². The SMILES string of the molecule is CS[C@@H](CO)[C@H](C)NC(=O)c1occc1-c1ccc(F)cc1. The first-order valence-electron chi connectivity index (χ1n) is 6.84. The highest BCUT2D eigenvalue weighted by Crippen LogP contribution is 2.25. The van der Waals surface area contributed by atoms with Crippen molar-refractivity contribution in [2.75, 3.05) is 12.9 Å². The third-order valence-corrected chi connectivity index (χ3v) is 4.59. The molecule has 0 aliphatic carbocycles. The molecule has 0 saturated heterocycles.